The van der Waals surface area contributed by atoms with Crippen molar-refractivity contribution >= 4 is 28.1 Å². The summed E-state index contributed by atoms with van der Waals surface area (Å²) in [5, 5.41) is 5.05. The Morgan fingerprint density at radius 2 is 2.04 bits per heavy atom. The summed E-state index contributed by atoms with van der Waals surface area (Å²) in [6, 6.07) is 0.144. The molecular weight excluding hydrogens is 324 g/mol. The van der Waals surface area contributed by atoms with Crippen LogP contribution in [0.4, 0.5) is 0 Å². The molecule has 0 aliphatic carbocycles. The van der Waals surface area contributed by atoms with Crippen LogP contribution in [-0.4, -0.2) is 45.2 Å². The van der Waals surface area contributed by atoms with E-state index in [4.69, 9.17) is 0 Å². The number of aromatic nitrogens is 2. The predicted octanol–water partition coefficient (Wildman–Crippen LogP) is 2.09. The monoisotopic (exact) mass is 348 g/mol. The van der Waals surface area contributed by atoms with Crippen LogP contribution in [0.3, 0.4) is 0 Å². The fraction of sp³-hybridized carbons (Fsp3) is 0.588. The summed E-state index contributed by atoms with van der Waals surface area (Å²) in [6.45, 7) is 7.25. The van der Waals surface area contributed by atoms with Crippen molar-refractivity contribution in [2.24, 2.45) is 5.41 Å². The molecule has 0 aromatic carbocycles. The zero-order chi connectivity index (χ0) is 17.3. The minimum atomic E-state index is -0.343. The van der Waals surface area contributed by atoms with Gasteiger partial charge in [0, 0.05) is 42.3 Å². The lowest BCUT2D eigenvalue weighted by Crippen LogP contribution is -2.49. The predicted molar refractivity (Wildman–Crippen MR) is 94.0 cm³/mol. The molecule has 7 heteroatoms. The van der Waals surface area contributed by atoms with Crippen LogP contribution in [0.15, 0.2) is 17.8 Å². The number of amides is 2. The summed E-state index contributed by atoms with van der Waals surface area (Å²) < 4.78 is 1.93. The molecule has 0 unspecified atom stereocenters. The van der Waals surface area contributed by atoms with Crippen molar-refractivity contribution in [3.05, 3.63) is 23.5 Å². The number of rotatable bonds is 3. The fourth-order valence-electron chi connectivity index (χ4n) is 3.01. The van der Waals surface area contributed by atoms with E-state index in [-0.39, 0.29) is 23.3 Å². The normalized spacial score (nSPS) is 16.5. The Morgan fingerprint density at radius 3 is 2.67 bits per heavy atom. The highest BCUT2D eigenvalue weighted by molar-refractivity contribution is 7.15. The highest BCUT2D eigenvalue weighted by Gasteiger charge is 2.30. The van der Waals surface area contributed by atoms with Gasteiger partial charge < -0.3 is 10.2 Å². The Balaban J connectivity index is 1.48. The Hall–Kier alpha value is -1.89. The third kappa shape index (κ3) is 3.77. The molecule has 3 heterocycles. The first-order valence-electron chi connectivity index (χ1n) is 8.33. The van der Waals surface area contributed by atoms with Gasteiger partial charge in [0.2, 0.25) is 11.8 Å². The first-order valence-corrected chi connectivity index (χ1v) is 9.21. The third-order valence-corrected chi connectivity index (χ3v) is 5.04. The van der Waals surface area contributed by atoms with Crippen molar-refractivity contribution < 1.29 is 9.59 Å². The summed E-state index contributed by atoms with van der Waals surface area (Å²) in [4.78, 5) is 31.7. The number of nitrogens with zero attached hydrogens (tertiary/aromatic N) is 3. The summed E-state index contributed by atoms with van der Waals surface area (Å²) >= 11 is 1.56. The molecule has 0 spiro atoms. The number of carbonyl (C=O) groups excluding carboxylic acids is 2. The Morgan fingerprint density at radius 1 is 1.33 bits per heavy atom. The molecule has 1 fully saturated rings. The number of hydrogen-bond donors (Lipinski definition) is 1. The molecular formula is C17H24N4O2S. The van der Waals surface area contributed by atoms with E-state index < -0.39 is 0 Å². The number of carbonyl (C=O) groups is 2. The van der Waals surface area contributed by atoms with E-state index in [1.54, 1.807) is 11.3 Å². The van der Waals surface area contributed by atoms with Gasteiger partial charge in [-0.25, -0.2) is 4.98 Å². The van der Waals surface area contributed by atoms with E-state index in [0.717, 1.165) is 23.5 Å². The molecule has 1 aliphatic heterocycles. The van der Waals surface area contributed by atoms with Crippen molar-refractivity contribution in [3.8, 4) is 0 Å². The van der Waals surface area contributed by atoms with E-state index in [2.05, 4.69) is 10.3 Å². The number of likely N-dealkylation sites (tertiary alicyclic amines) is 1. The second-order valence-electron chi connectivity index (χ2n) is 7.39. The van der Waals surface area contributed by atoms with Crippen molar-refractivity contribution in [3.63, 3.8) is 0 Å². The molecule has 24 heavy (non-hydrogen) atoms. The Kier molecular flexibility index (Phi) is 4.62. The quantitative estimate of drug-likeness (QED) is 0.924. The highest BCUT2D eigenvalue weighted by atomic mass is 32.1. The van der Waals surface area contributed by atoms with Crippen LogP contribution in [-0.2, 0) is 16.0 Å². The third-order valence-electron chi connectivity index (χ3n) is 4.27. The molecule has 2 aromatic rings. The standard InChI is InChI=1S/C17H24N4O2S/c1-17(2,3)15(23)20-6-4-12(5-7-20)18-14(22)10-13-11-21-8-9-24-16(21)19-13/h8-9,11-12H,4-7,10H2,1-3H3,(H,18,22). The number of fused-ring (bicyclic) bond motifs is 1. The molecule has 0 saturated carbocycles. The minimum Gasteiger partial charge on any atom is -0.353 e. The lowest BCUT2D eigenvalue weighted by atomic mass is 9.93. The van der Waals surface area contributed by atoms with Crippen molar-refractivity contribution in [1.82, 2.24) is 19.6 Å². The zero-order valence-corrected chi connectivity index (χ0v) is 15.2. The smallest absolute Gasteiger partial charge is 0.227 e. The highest BCUT2D eigenvalue weighted by Crippen LogP contribution is 2.21. The molecule has 2 amide bonds. The number of imidazole rings is 1. The van der Waals surface area contributed by atoms with Gasteiger partial charge in [0.15, 0.2) is 4.96 Å². The van der Waals surface area contributed by atoms with Crippen LogP contribution in [0.25, 0.3) is 4.96 Å². The molecule has 0 radical (unpaired) electrons. The average molecular weight is 348 g/mol. The van der Waals surface area contributed by atoms with E-state index in [0.29, 0.717) is 19.5 Å². The SMILES string of the molecule is CC(C)(C)C(=O)N1CCC(NC(=O)Cc2cn3ccsc3n2)CC1. The van der Waals surface area contributed by atoms with Gasteiger partial charge in [0.1, 0.15) is 0 Å². The Labute approximate surface area is 145 Å². The summed E-state index contributed by atoms with van der Waals surface area (Å²) in [5.41, 5.74) is 0.448. The van der Waals surface area contributed by atoms with E-state index in [1.165, 1.54) is 0 Å². The van der Waals surface area contributed by atoms with Crippen molar-refractivity contribution in [1.29, 1.82) is 0 Å². The van der Waals surface area contributed by atoms with Crippen LogP contribution < -0.4 is 5.32 Å². The van der Waals surface area contributed by atoms with Gasteiger partial charge in [-0.3, -0.25) is 14.0 Å². The zero-order valence-electron chi connectivity index (χ0n) is 14.4. The van der Waals surface area contributed by atoms with Gasteiger partial charge >= 0.3 is 0 Å². The molecule has 0 bridgehead atoms. The second-order valence-corrected chi connectivity index (χ2v) is 8.26. The fourth-order valence-corrected chi connectivity index (χ4v) is 3.72. The number of hydrogen-bond acceptors (Lipinski definition) is 4. The maximum absolute atomic E-state index is 12.3. The van der Waals surface area contributed by atoms with Crippen LogP contribution in [0.2, 0.25) is 0 Å². The Bertz CT molecular complexity index is 707. The second kappa shape index (κ2) is 6.55. The van der Waals surface area contributed by atoms with Crippen LogP contribution in [0, 0.1) is 5.41 Å². The molecule has 1 aliphatic rings. The molecule has 1 saturated heterocycles. The van der Waals surface area contributed by atoms with Gasteiger partial charge in [0.25, 0.3) is 0 Å². The minimum absolute atomic E-state index is 0.00125. The summed E-state index contributed by atoms with van der Waals surface area (Å²) in [7, 11) is 0. The molecule has 1 N–H and O–H groups in total. The largest absolute Gasteiger partial charge is 0.353 e. The average Bonchev–Trinajstić information content (AvgIpc) is 3.07. The maximum atomic E-state index is 12.3. The van der Waals surface area contributed by atoms with Crippen LogP contribution in [0.1, 0.15) is 39.3 Å². The van der Waals surface area contributed by atoms with Gasteiger partial charge in [-0.1, -0.05) is 20.8 Å². The molecule has 3 rings (SSSR count). The molecule has 130 valence electrons. The first-order chi connectivity index (χ1) is 11.3. The van der Waals surface area contributed by atoms with E-state index in [9.17, 15) is 9.59 Å². The topological polar surface area (TPSA) is 66.7 Å². The van der Waals surface area contributed by atoms with Gasteiger partial charge in [-0.05, 0) is 12.8 Å². The lowest BCUT2D eigenvalue weighted by Gasteiger charge is -2.36. The van der Waals surface area contributed by atoms with Gasteiger partial charge in [-0.15, -0.1) is 11.3 Å². The molecule has 2 aromatic heterocycles. The number of piperidine rings is 1. The summed E-state index contributed by atoms with van der Waals surface area (Å²) in [5.74, 6) is 0.187. The van der Waals surface area contributed by atoms with Crippen LogP contribution >= 0.6 is 11.3 Å². The van der Waals surface area contributed by atoms with Crippen LogP contribution in [0.5, 0.6) is 0 Å². The van der Waals surface area contributed by atoms with Crippen molar-refractivity contribution in [2.45, 2.75) is 46.1 Å². The number of nitrogens with one attached hydrogen (secondary N) is 1. The molecule has 6 nitrogen and oxygen atoms in total. The van der Waals surface area contributed by atoms with E-state index >= 15 is 0 Å². The van der Waals surface area contributed by atoms with E-state index in [1.807, 2.05) is 47.8 Å². The number of thiazole rings is 1. The maximum Gasteiger partial charge on any atom is 0.227 e. The van der Waals surface area contributed by atoms with Gasteiger partial charge in [0.05, 0.1) is 12.1 Å². The molecule has 0 atom stereocenters. The van der Waals surface area contributed by atoms with Crippen molar-refractivity contribution in [2.75, 3.05) is 13.1 Å². The lowest BCUT2D eigenvalue weighted by molar-refractivity contribution is -0.140. The summed E-state index contributed by atoms with van der Waals surface area (Å²) in [6.07, 6.45) is 5.76. The first kappa shape index (κ1) is 17.0. The van der Waals surface area contributed by atoms with Gasteiger partial charge in [-0.2, -0.15) is 0 Å².